The number of methoxy groups -OCH3 is 1. The number of nitrogens with zero attached hydrogens (tertiary/aromatic N) is 2. The molecule has 0 atom stereocenters. The first-order chi connectivity index (χ1) is 17.7. The van der Waals surface area contributed by atoms with E-state index in [2.05, 4.69) is 10.3 Å². The summed E-state index contributed by atoms with van der Waals surface area (Å²) in [7, 11) is 1.60. The molecule has 0 radical (unpaired) electrons. The third-order valence-corrected chi connectivity index (χ3v) is 6.06. The molecule has 2 heterocycles. The minimum absolute atomic E-state index is 0.128. The van der Waals surface area contributed by atoms with Gasteiger partial charge in [-0.2, -0.15) is 18.2 Å². The van der Waals surface area contributed by atoms with Crippen LogP contribution < -0.4 is 20.5 Å². The van der Waals surface area contributed by atoms with Crippen LogP contribution in [0.3, 0.4) is 0 Å². The predicted molar refractivity (Wildman–Crippen MR) is 129 cm³/mol. The highest BCUT2D eigenvalue weighted by molar-refractivity contribution is 5.69. The van der Waals surface area contributed by atoms with Gasteiger partial charge in [-0.05, 0) is 66.1 Å². The topological polar surface area (TPSA) is 65.4 Å². The summed E-state index contributed by atoms with van der Waals surface area (Å²) in [4.78, 5) is 16.7. The highest BCUT2D eigenvalue weighted by Crippen LogP contribution is 2.34. The Kier molecular flexibility index (Phi) is 6.32. The molecule has 3 aromatic carbocycles. The maximum atomic E-state index is 14.7. The molecule has 0 unspecified atom stereocenters. The molecule has 1 aliphatic rings. The number of anilines is 1. The van der Waals surface area contributed by atoms with Crippen molar-refractivity contribution in [2.75, 3.05) is 12.4 Å². The zero-order valence-corrected chi connectivity index (χ0v) is 19.6. The van der Waals surface area contributed by atoms with E-state index in [9.17, 15) is 22.4 Å². The van der Waals surface area contributed by atoms with Crippen LogP contribution in [0.4, 0.5) is 23.4 Å². The second-order valence-corrected chi connectivity index (χ2v) is 8.48. The number of rotatable bonds is 6. The molecule has 10 heteroatoms. The van der Waals surface area contributed by atoms with Gasteiger partial charge in [-0.15, -0.1) is 0 Å². The fourth-order valence-electron chi connectivity index (χ4n) is 4.21. The van der Waals surface area contributed by atoms with Gasteiger partial charge in [0.05, 0.1) is 18.4 Å². The molecule has 0 spiro atoms. The van der Waals surface area contributed by atoms with Crippen LogP contribution in [0, 0.1) is 5.82 Å². The van der Waals surface area contributed by atoms with Crippen LogP contribution in [-0.4, -0.2) is 16.7 Å². The number of hydrogen-bond acceptors (Lipinski definition) is 5. The molecular weight excluding hydrogens is 490 g/mol. The van der Waals surface area contributed by atoms with Gasteiger partial charge in [0.15, 0.2) is 11.6 Å². The molecule has 0 saturated heterocycles. The highest BCUT2D eigenvalue weighted by atomic mass is 19.4. The molecule has 5 rings (SSSR count). The summed E-state index contributed by atoms with van der Waals surface area (Å²) >= 11 is 0. The quantitative estimate of drug-likeness (QED) is 0.320. The number of benzene rings is 3. The van der Waals surface area contributed by atoms with Crippen molar-refractivity contribution in [1.82, 2.24) is 9.55 Å². The van der Waals surface area contributed by atoms with E-state index < -0.39 is 23.2 Å². The van der Waals surface area contributed by atoms with Crippen LogP contribution in [0.25, 0.3) is 11.3 Å². The zero-order valence-electron chi connectivity index (χ0n) is 19.6. The van der Waals surface area contributed by atoms with Crippen molar-refractivity contribution in [2.24, 2.45) is 0 Å². The van der Waals surface area contributed by atoms with Gasteiger partial charge in [0.2, 0.25) is 0 Å². The maximum absolute atomic E-state index is 14.7. The lowest BCUT2D eigenvalue weighted by molar-refractivity contribution is -0.137. The van der Waals surface area contributed by atoms with Crippen molar-refractivity contribution >= 4 is 5.82 Å². The lowest BCUT2D eigenvalue weighted by atomic mass is 9.97. The molecule has 4 aromatic rings. The Hall–Kier alpha value is -4.34. The molecule has 0 fully saturated rings. The van der Waals surface area contributed by atoms with E-state index >= 15 is 0 Å². The number of aryl methyl sites for hydroxylation is 1. The van der Waals surface area contributed by atoms with E-state index in [-0.39, 0.29) is 18.0 Å². The van der Waals surface area contributed by atoms with Gasteiger partial charge in [0.25, 0.3) is 0 Å². The van der Waals surface area contributed by atoms with Gasteiger partial charge >= 0.3 is 11.9 Å². The van der Waals surface area contributed by atoms with E-state index in [0.717, 1.165) is 34.7 Å². The fraction of sp³-hybridized carbons (Fsp3) is 0.185. The van der Waals surface area contributed by atoms with Crippen molar-refractivity contribution in [3.05, 3.63) is 99.7 Å². The van der Waals surface area contributed by atoms with Crippen molar-refractivity contribution in [1.29, 1.82) is 0 Å². The first-order valence-electron chi connectivity index (χ1n) is 11.4. The summed E-state index contributed by atoms with van der Waals surface area (Å²) in [5, 5.41) is 3.04. The van der Waals surface area contributed by atoms with Crippen molar-refractivity contribution in [2.45, 2.75) is 25.7 Å². The maximum Gasteiger partial charge on any atom is 0.416 e. The molecule has 1 N–H and O–H groups in total. The Balaban J connectivity index is 1.32. The third-order valence-electron chi connectivity index (χ3n) is 6.06. The minimum Gasteiger partial charge on any atom is -0.497 e. The summed E-state index contributed by atoms with van der Waals surface area (Å²) in [6.07, 6.45) is -3.85. The number of hydrogen-bond donors (Lipinski definition) is 1. The second-order valence-electron chi connectivity index (χ2n) is 8.48. The summed E-state index contributed by atoms with van der Waals surface area (Å²) < 4.78 is 65.6. The van der Waals surface area contributed by atoms with Crippen LogP contribution in [0.15, 0.2) is 71.5 Å². The normalized spacial score (nSPS) is 12.5. The summed E-state index contributed by atoms with van der Waals surface area (Å²) in [5.74, 6) is 0.00336. The van der Waals surface area contributed by atoms with Gasteiger partial charge in [0, 0.05) is 24.7 Å². The number of alkyl halides is 3. The molecular formula is C27H21F4N3O3. The summed E-state index contributed by atoms with van der Waals surface area (Å²) in [6, 6.07) is 15.8. The van der Waals surface area contributed by atoms with Gasteiger partial charge in [0.1, 0.15) is 17.3 Å². The summed E-state index contributed by atoms with van der Waals surface area (Å²) in [5.41, 5.74) is 1.95. The van der Waals surface area contributed by atoms with Crippen LogP contribution in [0.2, 0.25) is 0 Å². The largest absolute Gasteiger partial charge is 0.497 e. The van der Waals surface area contributed by atoms with Crippen molar-refractivity contribution < 1.29 is 27.0 Å². The fourth-order valence-corrected chi connectivity index (χ4v) is 4.21. The van der Waals surface area contributed by atoms with Crippen molar-refractivity contribution in [3.63, 3.8) is 0 Å². The van der Waals surface area contributed by atoms with E-state index in [1.165, 1.54) is 24.3 Å². The van der Waals surface area contributed by atoms with Crippen LogP contribution in [0.1, 0.15) is 16.7 Å². The molecule has 1 aromatic heterocycles. The first-order valence-corrected chi connectivity index (χ1v) is 11.4. The lowest BCUT2D eigenvalue weighted by Gasteiger charge is -2.22. The molecule has 0 aliphatic carbocycles. The number of aromatic nitrogens is 2. The van der Waals surface area contributed by atoms with Crippen LogP contribution in [0.5, 0.6) is 17.2 Å². The average molecular weight is 511 g/mol. The van der Waals surface area contributed by atoms with E-state index in [1.807, 2.05) is 18.2 Å². The first kappa shape index (κ1) is 24.4. The number of fused-ring (bicyclic) bond motifs is 3. The predicted octanol–water partition coefficient (Wildman–Crippen LogP) is 6.04. The third kappa shape index (κ3) is 5.13. The van der Waals surface area contributed by atoms with Crippen molar-refractivity contribution in [3.8, 4) is 28.5 Å². The van der Waals surface area contributed by atoms with E-state index in [4.69, 9.17) is 9.47 Å². The molecule has 0 bridgehead atoms. The zero-order chi connectivity index (χ0) is 26.2. The van der Waals surface area contributed by atoms with Gasteiger partial charge < -0.3 is 14.8 Å². The Morgan fingerprint density at radius 2 is 1.86 bits per heavy atom. The van der Waals surface area contributed by atoms with E-state index in [1.54, 1.807) is 23.8 Å². The summed E-state index contributed by atoms with van der Waals surface area (Å²) in [6.45, 7) is 0.659. The molecule has 0 saturated carbocycles. The van der Waals surface area contributed by atoms with E-state index in [0.29, 0.717) is 24.3 Å². The smallest absolute Gasteiger partial charge is 0.416 e. The number of ether oxygens (including phenoxy) is 2. The molecule has 190 valence electrons. The van der Waals surface area contributed by atoms with Gasteiger partial charge in [-0.3, -0.25) is 4.57 Å². The average Bonchev–Trinajstić information content (AvgIpc) is 2.88. The Morgan fingerprint density at radius 1 is 1.03 bits per heavy atom. The second kappa shape index (κ2) is 9.61. The number of nitrogens with one attached hydrogen (secondary N) is 1. The standard InChI is InChI=1S/C27H21F4N3O3/c1-36-19-6-7-21-17(12-19)9-10-34-23(21)14-25(33-26(34)35)32-15-16-5-8-24(22(28)11-16)37-20-4-2-3-18(13-20)27(29,30)31/h2-8,11-14H,9-10,15H2,1H3,(H,32,33,35). The monoisotopic (exact) mass is 511 g/mol. The Bertz CT molecular complexity index is 1530. The Labute approximate surface area is 209 Å². The minimum atomic E-state index is -4.53. The number of halogens is 4. The SMILES string of the molecule is COc1ccc2c(c1)CCn1c-2cc(NCc2ccc(Oc3cccc(C(F)(F)F)c3)c(F)c2)nc1=O. The molecule has 6 nitrogen and oxygen atoms in total. The highest BCUT2D eigenvalue weighted by Gasteiger charge is 2.30. The Morgan fingerprint density at radius 3 is 2.62 bits per heavy atom. The van der Waals surface area contributed by atoms with Gasteiger partial charge in [-0.25, -0.2) is 9.18 Å². The van der Waals surface area contributed by atoms with Gasteiger partial charge in [-0.1, -0.05) is 12.1 Å². The van der Waals surface area contributed by atoms with Crippen LogP contribution in [-0.2, 0) is 25.7 Å². The molecule has 1 aliphatic heterocycles. The lowest BCUT2D eigenvalue weighted by Crippen LogP contribution is -2.29. The molecule has 37 heavy (non-hydrogen) atoms. The molecule has 0 amide bonds. The van der Waals surface area contributed by atoms with Crippen LogP contribution >= 0.6 is 0 Å².